The lowest BCUT2D eigenvalue weighted by Crippen LogP contribution is -2.04. The molecule has 1 atom stereocenters. The molecule has 0 aromatic carbocycles. The minimum absolute atomic E-state index is 0.252. The highest BCUT2D eigenvalue weighted by atomic mass is 35.5. The number of allylic oxidation sites excluding steroid dienone is 1. The molecule has 1 amide bonds. The molecular weight excluding hydrogens is 205 g/mol. The molecule has 60 valence electrons. The fourth-order valence-electron chi connectivity index (χ4n) is 0.616. The smallest absolute Gasteiger partial charge is 0.243 e. The quantitative estimate of drug-likeness (QED) is 0.574. The SMILES string of the molecule is CC(=O)N=C1SC(Cl)=CC1Cl. The van der Waals surface area contributed by atoms with Crippen molar-refractivity contribution in [2.24, 2.45) is 4.99 Å². The van der Waals surface area contributed by atoms with Gasteiger partial charge < -0.3 is 0 Å². The molecule has 1 aliphatic heterocycles. The van der Waals surface area contributed by atoms with Crippen LogP contribution in [0.1, 0.15) is 6.92 Å². The largest absolute Gasteiger partial charge is 0.273 e. The van der Waals surface area contributed by atoms with Crippen LogP contribution in [-0.4, -0.2) is 16.3 Å². The molecule has 1 heterocycles. The van der Waals surface area contributed by atoms with Crippen LogP contribution in [0.5, 0.6) is 0 Å². The number of nitrogens with zero attached hydrogens (tertiary/aromatic N) is 1. The Morgan fingerprint density at radius 1 is 1.82 bits per heavy atom. The summed E-state index contributed by atoms with van der Waals surface area (Å²) in [7, 11) is 0. The highest BCUT2D eigenvalue weighted by Crippen LogP contribution is 2.33. The zero-order chi connectivity index (χ0) is 8.43. The van der Waals surface area contributed by atoms with Gasteiger partial charge in [0.15, 0.2) is 0 Å². The van der Waals surface area contributed by atoms with Crippen LogP contribution in [0.25, 0.3) is 0 Å². The molecular formula is C6H5Cl2NOS. The molecule has 11 heavy (non-hydrogen) atoms. The van der Waals surface area contributed by atoms with Gasteiger partial charge in [-0.3, -0.25) is 4.79 Å². The third-order valence-electron chi connectivity index (χ3n) is 0.983. The molecule has 0 radical (unpaired) electrons. The van der Waals surface area contributed by atoms with Crippen LogP contribution in [0.15, 0.2) is 15.4 Å². The predicted octanol–water partition coefficient (Wildman–Crippen LogP) is 2.37. The van der Waals surface area contributed by atoms with Gasteiger partial charge in [-0.05, 0) is 6.08 Å². The third kappa shape index (κ3) is 2.51. The van der Waals surface area contributed by atoms with Crippen LogP contribution in [0, 0.1) is 0 Å². The standard InChI is InChI=1S/C6H5Cl2NOS/c1-3(10)9-6-4(7)2-5(8)11-6/h2,4H,1H3. The lowest BCUT2D eigenvalue weighted by atomic mass is 10.4. The van der Waals surface area contributed by atoms with Crippen molar-refractivity contribution in [3.8, 4) is 0 Å². The van der Waals surface area contributed by atoms with E-state index < -0.39 is 0 Å². The van der Waals surface area contributed by atoms with Gasteiger partial charge in [0, 0.05) is 6.92 Å². The Hall–Kier alpha value is 0.01000. The number of carbonyl (C=O) groups excluding carboxylic acids is 1. The number of rotatable bonds is 0. The minimum Gasteiger partial charge on any atom is -0.273 e. The average Bonchev–Trinajstić information content (AvgIpc) is 2.09. The van der Waals surface area contributed by atoms with Crippen LogP contribution >= 0.6 is 35.0 Å². The van der Waals surface area contributed by atoms with E-state index in [1.165, 1.54) is 18.7 Å². The highest BCUT2D eigenvalue weighted by Gasteiger charge is 2.21. The van der Waals surface area contributed by atoms with E-state index in [2.05, 4.69) is 4.99 Å². The molecule has 0 bridgehead atoms. The van der Waals surface area contributed by atoms with Gasteiger partial charge in [-0.1, -0.05) is 23.4 Å². The first kappa shape index (κ1) is 9.10. The van der Waals surface area contributed by atoms with Crippen molar-refractivity contribution >= 4 is 45.9 Å². The van der Waals surface area contributed by atoms with E-state index in [0.717, 1.165) is 0 Å². The molecule has 0 aliphatic carbocycles. The van der Waals surface area contributed by atoms with E-state index in [0.29, 0.717) is 9.41 Å². The van der Waals surface area contributed by atoms with Crippen LogP contribution in [-0.2, 0) is 4.79 Å². The van der Waals surface area contributed by atoms with E-state index >= 15 is 0 Å². The third-order valence-corrected chi connectivity index (χ3v) is 2.69. The van der Waals surface area contributed by atoms with Crippen molar-refractivity contribution < 1.29 is 4.79 Å². The molecule has 0 spiro atoms. The van der Waals surface area contributed by atoms with E-state index in [-0.39, 0.29) is 11.3 Å². The van der Waals surface area contributed by atoms with Gasteiger partial charge in [-0.25, -0.2) is 4.99 Å². The molecule has 0 fully saturated rings. The summed E-state index contributed by atoms with van der Waals surface area (Å²) in [5, 5.41) is 0.223. The summed E-state index contributed by atoms with van der Waals surface area (Å²) in [5.74, 6) is -0.252. The Kier molecular flexibility index (Phi) is 2.98. The van der Waals surface area contributed by atoms with Crippen molar-refractivity contribution in [1.82, 2.24) is 0 Å². The molecule has 0 aromatic rings. The van der Waals surface area contributed by atoms with Gasteiger partial charge in [0.1, 0.15) is 10.4 Å². The topological polar surface area (TPSA) is 29.4 Å². The lowest BCUT2D eigenvalue weighted by Gasteiger charge is -1.95. The van der Waals surface area contributed by atoms with Gasteiger partial charge in [-0.15, -0.1) is 11.6 Å². The molecule has 1 unspecified atom stereocenters. The zero-order valence-corrected chi connectivity index (χ0v) is 8.00. The summed E-state index contributed by atoms with van der Waals surface area (Å²) in [6.07, 6.45) is 1.65. The first-order valence-corrected chi connectivity index (χ1v) is 4.51. The number of hydrogen-bond donors (Lipinski definition) is 0. The van der Waals surface area contributed by atoms with Crippen molar-refractivity contribution in [3.63, 3.8) is 0 Å². The highest BCUT2D eigenvalue weighted by molar-refractivity contribution is 8.19. The number of alkyl halides is 1. The zero-order valence-electron chi connectivity index (χ0n) is 5.67. The molecule has 0 saturated heterocycles. The van der Waals surface area contributed by atoms with Crippen LogP contribution in [0.2, 0.25) is 0 Å². The van der Waals surface area contributed by atoms with Crippen molar-refractivity contribution in [3.05, 3.63) is 10.4 Å². The number of thioether (sulfide) groups is 1. The predicted molar refractivity (Wildman–Crippen MR) is 49.3 cm³/mol. The number of amides is 1. The lowest BCUT2D eigenvalue weighted by molar-refractivity contribution is -0.115. The van der Waals surface area contributed by atoms with Crippen molar-refractivity contribution in [2.45, 2.75) is 12.3 Å². The monoisotopic (exact) mass is 209 g/mol. The number of aliphatic imine (C=N–C) groups is 1. The fraction of sp³-hybridized carbons (Fsp3) is 0.333. The summed E-state index contributed by atoms with van der Waals surface area (Å²) in [6, 6.07) is 0. The number of halogens is 2. The second-order valence-corrected chi connectivity index (χ2v) is 4.11. The van der Waals surface area contributed by atoms with E-state index in [1.807, 2.05) is 0 Å². The minimum atomic E-state index is -0.337. The maximum atomic E-state index is 10.5. The number of hydrogen-bond acceptors (Lipinski definition) is 2. The maximum absolute atomic E-state index is 10.5. The van der Waals surface area contributed by atoms with Crippen LogP contribution in [0.3, 0.4) is 0 Å². The second kappa shape index (κ2) is 3.61. The first-order chi connectivity index (χ1) is 5.09. The summed E-state index contributed by atoms with van der Waals surface area (Å²) in [5.41, 5.74) is 0. The first-order valence-electron chi connectivity index (χ1n) is 2.88. The van der Waals surface area contributed by atoms with Crippen LogP contribution in [0.4, 0.5) is 0 Å². The Morgan fingerprint density at radius 2 is 2.45 bits per heavy atom. The molecule has 2 nitrogen and oxygen atoms in total. The Labute approximate surface area is 78.7 Å². The van der Waals surface area contributed by atoms with Crippen molar-refractivity contribution in [1.29, 1.82) is 0 Å². The molecule has 1 rings (SSSR count). The maximum Gasteiger partial charge on any atom is 0.243 e. The molecule has 0 aromatic heterocycles. The van der Waals surface area contributed by atoms with Gasteiger partial charge in [0.25, 0.3) is 0 Å². The summed E-state index contributed by atoms with van der Waals surface area (Å²) >= 11 is 12.6. The summed E-state index contributed by atoms with van der Waals surface area (Å²) in [6.45, 7) is 1.38. The van der Waals surface area contributed by atoms with Crippen LogP contribution < -0.4 is 0 Å². The van der Waals surface area contributed by atoms with E-state index in [4.69, 9.17) is 23.2 Å². The van der Waals surface area contributed by atoms with Gasteiger partial charge >= 0.3 is 0 Å². The van der Waals surface area contributed by atoms with E-state index in [1.54, 1.807) is 6.08 Å². The molecule has 5 heteroatoms. The van der Waals surface area contributed by atoms with Crippen molar-refractivity contribution in [2.75, 3.05) is 0 Å². The Balaban J connectivity index is 2.73. The Morgan fingerprint density at radius 3 is 2.82 bits per heavy atom. The molecule has 0 saturated carbocycles. The van der Waals surface area contributed by atoms with Gasteiger partial charge in [0.05, 0.1) is 4.36 Å². The Bertz CT molecular complexity index is 249. The van der Waals surface area contributed by atoms with Gasteiger partial charge in [0.2, 0.25) is 5.91 Å². The molecule has 0 N–H and O–H groups in total. The second-order valence-electron chi connectivity index (χ2n) is 1.94. The molecule has 1 aliphatic rings. The summed E-state index contributed by atoms with van der Waals surface area (Å²) < 4.78 is 0.574. The normalized spacial score (nSPS) is 27.4. The number of carbonyl (C=O) groups is 1. The van der Waals surface area contributed by atoms with Gasteiger partial charge in [-0.2, -0.15) is 0 Å². The fourth-order valence-corrected chi connectivity index (χ4v) is 2.19. The van der Waals surface area contributed by atoms with E-state index in [9.17, 15) is 4.79 Å². The summed E-state index contributed by atoms with van der Waals surface area (Å²) in [4.78, 5) is 14.2. The average molecular weight is 210 g/mol.